The third-order valence-corrected chi connectivity index (χ3v) is 2.61. The van der Waals surface area contributed by atoms with Gasteiger partial charge < -0.3 is 10.4 Å². The van der Waals surface area contributed by atoms with E-state index in [1.54, 1.807) is 13.8 Å². The van der Waals surface area contributed by atoms with E-state index in [0.717, 1.165) is 12.1 Å². The van der Waals surface area contributed by atoms with Crippen molar-refractivity contribution in [2.75, 3.05) is 0 Å². The van der Waals surface area contributed by atoms with Gasteiger partial charge in [0.15, 0.2) is 0 Å². The Morgan fingerprint density at radius 3 is 2.35 bits per heavy atom. The van der Waals surface area contributed by atoms with Crippen LogP contribution in [0.1, 0.15) is 35.3 Å². The van der Waals surface area contributed by atoms with Gasteiger partial charge in [-0.2, -0.15) is 13.2 Å². The molecule has 0 spiro atoms. The maximum absolute atomic E-state index is 12.6. The lowest BCUT2D eigenvalue weighted by Crippen LogP contribution is -2.27. The SMILES string of the molecule is CC(C)C(=O)NCc1ccc(C(F)(F)F)c(C(=O)O)c1. The van der Waals surface area contributed by atoms with Gasteiger partial charge in [-0.05, 0) is 17.7 Å². The fraction of sp³-hybridized carbons (Fsp3) is 0.385. The van der Waals surface area contributed by atoms with Crippen molar-refractivity contribution in [3.05, 3.63) is 34.9 Å². The van der Waals surface area contributed by atoms with E-state index in [1.807, 2.05) is 0 Å². The maximum atomic E-state index is 12.6. The fourth-order valence-corrected chi connectivity index (χ4v) is 1.52. The number of carbonyl (C=O) groups is 2. The van der Waals surface area contributed by atoms with Gasteiger partial charge in [-0.1, -0.05) is 19.9 Å². The molecule has 1 aromatic rings. The molecule has 1 rings (SSSR count). The third kappa shape index (κ3) is 3.97. The molecule has 2 N–H and O–H groups in total. The van der Waals surface area contributed by atoms with Crippen molar-refractivity contribution in [2.45, 2.75) is 26.6 Å². The molecule has 0 aromatic heterocycles. The first-order chi connectivity index (χ1) is 9.12. The van der Waals surface area contributed by atoms with Crippen molar-refractivity contribution in [3.63, 3.8) is 0 Å². The van der Waals surface area contributed by atoms with Crippen molar-refractivity contribution in [1.29, 1.82) is 0 Å². The summed E-state index contributed by atoms with van der Waals surface area (Å²) in [6.45, 7) is 3.32. The highest BCUT2D eigenvalue weighted by Gasteiger charge is 2.35. The second-order valence-corrected chi connectivity index (χ2v) is 4.56. The molecule has 20 heavy (non-hydrogen) atoms. The first-order valence-electron chi connectivity index (χ1n) is 5.84. The Morgan fingerprint density at radius 1 is 1.30 bits per heavy atom. The molecule has 7 heteroatoms. The molecule has 1 amide bonds. The number of hydrogen-bond donors (Lipinski definition) is 2. The summed E-state index contributed by atoms with van der Waals surface area (Å²) < 4.78 is 37.9. The maximum Gasteiger partial charge on any atom is 0.417 e. The van der Waals surface area contributed by atoms with Crippen LogP contribution in [0.4, 0.5) is 13.2 Å². The van der Waals surface area contributed by atoms with Gasteiger partial charge in [-0.15, -0.1) is 0 Å². The zero-order chi connectivity index (χ0) is 15.5. The summed E-state index contributed by atoms with van der Waals surface area (Å²) in [6.07, 6.45) is -4.73. The molecule has 0 aliphatic carbocycles. The lowest BCUT2D eigenvalue weighted by Gasteiger charge is -2.12. The van der Waals surface area contributed by atoms with Crippen LogP contribution in [0.3, 0.4) is 0 Å². The molecule has 0 fully saturated rings. The predicted molar refractivity (Wildman–Crippen MR) is 65.1 cm³/mol. The van der Waals surface area contributed by atoms with Crippen LogP contribution in [0.2, 0.25) is 0 Å². The molecule has 0 atom stereocenters. The molecule has 0 unspecified atom stereocenters. The molecular weight excluding hydrogens is 275 g/mol. The number of rotatable bonds is 4. The summed E-state index contributed by atoms with van der Waals surface area (Å²) in [5.74, 6) is -2.18. The van der Waals surface area contributed by atoms with Crippen LogP contribution in [-0.2, 0) is 17.5 Å². The predicted octanol–water partition coefficient (Wildman–Crippen LogP) is 2.68. The van der Waals surface area contributed by atoms with Crippen LogP contribution in [0, 0.1) is 5.92 Å². The van der Waals surface area contributed by atoms with E-state index in [9.17, 15) is 22.8 Å². The summed E-state index contributed by atoms with van der Waals surface area (Å²) >= 11 is 0. The van der Waals surface area contributed by atoms with Crippen molar-refractivity contribution in [2.24, 2.45) is 5.92 Å². The first kappa shape index (κ1) is 16.0. The highest BCUT2D eigenvalue weighted by molar-refractivity contribution is 5.90. The molecule has 0 heterocycles. The monoisotopic (exact) mass is 289 g/mol. The second kappa shape index (κ2) is 5.94. The number of nitrogens with one attached hydrogen (secondary N) is 1. The lowest BCUT2D eigenvalue weighted by atomic mass is 10.0. The molecule has 0 radical (unpaired) electrons. The number of halogens is 3. The normalized spacial score (nSPS) is 11.5. The number of aromatic carboxylic acids is 1. The van der Waals surface area contributed by atoms with Crippen LogP contribution in [0.15, 0.2) is 18.2 Å². The second-order valence-electron chi connectivity index (χ2n) is 4.56. The summed E-state index contributed by atoms with van der Waals surface area (Å²) in [4.78, 5) is 22.2. The molecule has 0 saturated carbocycles. The number of amides is 1. The molecular formula is C13H14F3NO3. The zero-order valence-corrected chi connectivity index (χ0v) is 10.9. The van der Waals surface area contributed by atoms with E-state index in [2.05, 4.69) is 5.32 Å². The van der Waals surface area contributed by atoms with Crippen LogP contribution >= 0.6 is 0 Å². The highest BCUT2D eigenvalue weighted by Crippen LogP contribution is 2.32. The Balaban J connectivity index is 3.00. The summed E-state index contributed by atoms with van der Waals surface area (Å²) in [5, 5.41) is 11.3. The topological polar surface area (TPSA) is 66.4 Å². The smallest absolute Gasteiger partial charge is 0.417 e. The first-order valence-corrected chi connectivity index (χ1v) is 5.84. The van der Waals surface area contributed by atoms with Gasteiger partial charge in [0.05, 0.1) is 11.1 Å². The Morgan fingerprint density at radius 2 is 1.90 bits per heavy atom. The van der Waals surface area contributed by atoms with E-state index in [1.165, 1.54) is 0 Å². The minimum Gasteiger partial charge on any atom is -0.478 e. The quantitative estimate of drug-likeness (QED) is 0.895. The Labute approximate surface area is 113 Å². The average Bonchev–Trinajstić information content (AvgIpc) is 2.34. The fourth-order valence-electron chi connectivity index (χ4n) is 1.52. The van der Waals surface area contributed by atoms with Gasteiger partial charge in [0.25, 0.3) is 0 Å². The standard InChI is InChI=1S/C13H14F3NO3/c1-7(2)11(18)17-6-8-3-4-10(13(14,15)16)9(5-8)12(19)20/h3-5,7H,6H2,1-2H3,(H,17,18)(H,19,20). The number of carboxylic acids is 1. The van der Waals surface area contributed by atoms with Gasteiger partial charge in [-0.3, -0.25) is 4.79 Å². The zero-order valence-electron chi connectivity index (χ0n) is 10.9. The molecule has 0 aliphatic heterocycles. The van der Waals surface area contributed by atoms with Crippen LogP contribution in [0.25, 0.3) is 0 Å². The van der Waals surface area contributed by atoms with Crippen molar-refractivity contribution < 1.29 is 27.9 Å². The number of hydrogen-bond acceptors (Lipinski definition) is 2. The summed E-state index contributed by atoms with van der Waals surface area (Å²) in [6, 6.07) is 2.78. The number of benzene rings is 1. The van der Waals surface area contributed by atoms with Gasteiger partial charge in [0, 0.05) is 12.5 Å². The summed E-state index contributed by atoms with van der Waals surface area (Å²) in [7, 11) is 0. The Kier molecular flexibility index (Phi) is 4.75. The van der Waals surface area contributed by atoms with Crippen LogP contribution in [0.5, 0.6) is 0 Å². The van der Waals surface area contributed by atoms with E-state index in [-0.39, 0.29) is 18.4 Å². The largest absolute Gasteiger partial charge is 0.478 e. The molecule has 0 bridgehead atoms. The van der Waals surface area contributed by atoms with Crippen LogP contribution in [-0.4, -0.2) is 17.0 Å². The molecule has 4 nitrogen and oxygen atoms in total. The van der Waals surface area contributed by atoms with E-state index < -0.39 is 23.3 Å². The average molecular weight is 289 g/mol. The molecule has 0 aliphatic rings. The van der Waals surface area contributed by atoms with Crippen LogP contribution < -0.4 is 5.32 Å². The lowest BCUT2D eigenvalue weighted by molar-refractivity contribution is -0.138. The van der Waals surface area contributed by atoms with Gasteiger partial charge >= 0.3 is 12.1 Å². The van der Waals surface area contributed by atoms with Crippen molar-refractivity contribution >= 4 is 11.9 Å². The minimum absolute atomic E-state index is 0.0184. The number of carbonyl (C=O) groups excluding carboxylic acids is 1. The molecule has 0 saturated heterocycles. The van der Waals surface area contributed by atoms with Crippen molar-refractivity contribution in [1.82, 2.24) is 5.32 Å². The highest BCUT2D eigenvalue weighted by atomic mass is 19.4. The summed E-state index contributed by atoms with van der Waals surface area (Å²) in [5.41, 5.74) is -1.73. The number of carboxylic acid groups (broad SMARTS) is 1. The number of alkyl halides is 3. The Hall–Kier alpha value is -2.05. The molecule has 1 aromatic carbocycles. The van der Waals surface area contributed by atoms with Gasteiger partial charge in [-0.25, -0.2) is 4.79 Å². The third-order valence-electron chi connectivity index (χ3n) is 2.61. The molecule has 110 valence electrons. The van der Waals surface area contributed by atoms with E-state index in [0.29, 0.717) is 11.6 Å². The van der Waals surface area contributed by atoms with E-state index in [4.69, 9.17) is 5.11 Å². The Bertz CT molecular complexity index is 524. The van der Waals surface area contributed by atoms with Gasteiger partial charge in [0.1, 0.15) is 0 Å². The van der Waals surface area contributed by atoms with Crippen molar-refractivity contribution in [3.8, 4) is 0 Å². The minimum atomic E-state index is -4.73. The van der Waals surface area contributed by atoms with Gasteiger partial charge in [0.2, 0.25) is 5.91 Å². The van der Waals surface area contributed by atoms with E-state index >= 15 is 0 Å².